The first kappa shape index (κ1) is 17.1. The summed E-state index contributed by atoms with van der Waals surface area (Å²) in [6, 6.07) is 7.78. The largest absolute Gasteiger partial charge is 0.378 e. The fraction of sp³-hybridized carbons (Fsp3) is 0.333. The second kappa shape index (κ2) is 7.43. The van der Waals surface area contributed by atoms with Gasteiger partial charge >= 0.3 is 0 Å². The molecule has 1 fully saturated rings. The van der Waals surface area contributed by atoms with E-state index >= 15 is 0 Å². The van der Waals surface area contributed by atoms with Gasteiger partial charge in [-0.3, -0.25) is 0 Å². The van der Waals surface area contributed by atoms with Crippen LogP contribution >= 0.6 is 11.6 Å². The Labute approximate surface area is 145 Å². The molecular weight excluding hydrogens is 352 g/mol. The normalized spacial score (nSPS) is 15.5. The molecule has 1 aliphatic rings. The molecule has 0 spiro atoms. The van der Waals surface area contributed by atoms with Crippen molar-refractivity contribution in [2.45, 2.75) is 11.4 Å². The van der Waals surface area contributed by atoms with Crippen LogP contribution in [0.1, 0.15) is 5.82 Å². The highest BCUT2D eigenvalue weighted by molar-refractivity contribution is 7.89. The summed E-state index contributed by atoms with van der Waals surface area (Å²) in [7, 11) is -3.64. The van der Waals surface area contributed by atoms with Crippen LogP contribution in [0.25, 0.3) is 0 Å². The monoisotopic (exact) mass is 368 g/mol. The summed E-state index contributed by atoms with van der Waals surface area (Å²) < 4.78 is 32.4. The fourth-order valence-corrected chi connectivity index (χ4v) is 3.40. The third kappa shape index (κ3) is 4.21. The minimum Gasteiger partial charge on any atom is -0.378 e. The number of halogens is 1. The quantitative estimate of drug-likeness (QED) is 0.859. The van der Waals surface area contributed by atoms with Crippen molar-refractivity contribution >= 4 is 27.4 Å². The van der Waals surface area contributed by atoms with Crippen molar-refractivity contribution in [3.63, 3.8) is 0 Å². The standard InChI is InChI=1S/C15H17ClN4O3S/c16-12-1-3-13(4-2-12)24(21,22)18-11-14-17-6-5-15(19-14)20-7-9-23-10-8-20/h1-6,18H,7-11H2. The van der Waals surface area contributed by atoms with Gasteiger partial charge in [0.2, 0.25) is 10.0 Å². The lowest BCUT2D eigenvalue weighted by atomic mass is 10.4. The Morgan fingerprint density at radius 1 is 1.17 bits per heavy atom. The van der Waals surface area contributed by atoms with Crippen LogP contribution in [0.3, 0.4) is 0 Å². The van der Waals surface area contributed by atoms with Crippen molar-refractivity contribution in [3.05, 3.63) is 47.4 Å². The Hall–Kier alpha value is -1.74. The smallest absolute Gasteiger partial charge is 0.240 e. The fourth-order valence-electron chi connectivity index (χ4n) is 2.30. The van der Waals surface area contributed by atoms with Crippen LogP contribution in [0.15, 0.2) is 41.4 Å². The van der Waals surface area contributed by atoms with E-state index in [0.717, 1.165) is 18.9 Å². The zero-order valence-electron chi connectivity index (χ0n) is 12.9. The summed E-state index contributed by atoms with van der Waals surface area (Å²) in [6.07, 6.45) is 1.63. The topological polar surface area (TPSA) is 84.4 Å². The first-order valence-corrected chi connectivity index (χ1v) is 9.30. The third-order valence-electron chi connectivity index (χ3n) is 3.57. The zero-order valence-corrected chi connectivity index (χ0v) is 14.4. The number of hydrogen-bond donors (Lipinski definition) is 1. The molecule has 128 valence electrons. The van der Waals surface area contributed by atoms with Gasteiger partial charge in [-0.05, 0) is 30.3 Å². The highest BCUT2D eigenvalue weighted by Gasteiger charge is 2.16. The zero-order chi connectivity index (χ0) is 17.0. The molecule has 1 aliphatic heterocycles. The molecule has 0 bridgehead atoms. The Morgan fingerprint density at radius 2 is 1.88 bits per heavy atom. The number of morpholine rings is 1. The Morgan fingerprint density at radius 3 is 2.58 bits per heavy atom. The molecule has 1 N–H and O–H groups in total. The molecule has 2 aromatic rings. The van der Waals surface area contributed by atoms with Crippen LogP contribution in [0.2, 0.25) is 5.02 Å². The van der Waals surface area contributed by atoms with Crippen LogP contribution in [0.4, 0.5) is 5.82 Å². The van der Waals surface area contributed by atoms with Gasteiger partial charge in [-0.25, -0.2) is 23.1 Å². The molecule has 1 saturated heterocycles. The van der Waals surface area contributed by atoms with E-state index in [-0.39, 0.29) is 11.4 Å². The molecule has 0 amide bonds. The van der Waals surface area contributed by atoms with E-state index in [9.17, 15) is 8.42 Å². The van der Waals surface area contributed by atoms with Gasteiger partial charge in [0, 0.05) is 24.3 Å². The van der Waals surface area contributed by atoms with Crippen molar-refractivity contribution in [3.8, 4) is 0 Å². The summed E-state index contributed by atoms with van der Waals surface area (Å²) in [5.41, 5.74) is 0. The summed E-state index contributed by atoms with van der Waals surface area (Å²) >= 11 is 5.78. The maximum atomic E-state index is 12.3. The maximum absolute atomic E-state index is 12.3. The van der Waals surface area contributed by atoms with E-state index < -0.39 is 10.0 Å². The van der Waals surface area contributed by atoms with Gasteiger partial charge in [-0.2, -0.15) is 0 Å². The SMILES string of the molecule is O=S(=O)(NCc1nccc(N2CCOCC2)n1)c1ccc(Cl)cc1. The molecule has 0 unspecified atom stereocenters. The molecule has 3 rings (SSSR count). The van der Waals surface area contributed by atoms with Gasteiger partial charge in [0.25, 0.3) is 0 Å². The molecule has 0 aliphatic carbocycles. The van der Waals surface area contributed by atoms with Gasteiger partial charge in [0.1, 0.15) is 11.6 Å². The lowest BCUT2D eigenvalue weighted by Crippen LogP contribution is -2.37. The molecule has 7 nitrogen and oxygen atoms in total. The van der Waals surface area contributed by atoms with Gasteiger partial charge < -0.3 is 9.64 Å². The van der Waals surface area contributed by atoms with Gasteiger partial charge in [0.15, 0.2) is 0 Å². The second-order valence-corrected chi connectivity index (χ2v) is 7.41. The lowest BCUT2D eigenvalue weighted by molar-refractivity contribution is 0.122. The maximum Gasteiger partial charge on any atom is 0.240 e. The lowest BCUT2D eigenvalue weighted by Gasteiger charge is -2.27. The Balaban J connectivity index is 1.68. The predicted octanol–water partition coefficient (Wildman–Crippen LogP) is 1.45. The predicted molar refractivity (Wildman–Crippen MR) is 90.5 cm³/mol. The second-order valence-electron chi connectivity index (χ2n) is 5.21. The van der Waals surface area contributed by atoms with E-state index in [1.807, 2.05) is 6.07 Å². The first-order valence-electron chi connectivity index (χ1n) is 7.44. The molecule has 24 heavy (non-hydrogen) atoms. The number of hydrogen-bond acceptors (Lipinski definition) is 6. The number of anilines is 1. The average Bonchev–Trinajstić information content (AvgIpc) is 2.61. The van der Waals surface area contributed by atoms with E-state index in [2.05, 4.69) is 19.6 Å². The molecule has 2 heterocycles. The van der Waals surface area contributed by atoms with E-state index in [1.54, 1.807) is 6.20 Å². The summed E-state index contributed by atoms with van der Waals surface area (Å²) in [5, 5.41) is 0.482. The third-order valence-corrected chi connectivity index (χ3v) is 5.24. The number of nitrogens with zero attached hydrogens (tertiary/aromatic N) is 3. The molecular formula is C15H17ClN4O3S. The van der Waals surface area contributed by atoms with E-state index in [4.69, 9.17) is 16.3 Å². The van der Waals surface area contributed by atoms with Crippen molar-refractivity contribution in [2.24, 2.45) is 0 Å². The van der Waals surface area contributed by atoms with Gasteiger partial charge in [-0.15, -0.1) is 0 Å². The van der Waals surface area contributed by atoms with Crippen LogP contribution in [-0.2, 0) is 21.3 Å². The van der Waals surface area contributed by atoms with Gasteiger partial charge in [0.05, 0.1) is 24.7 Å². The first-order chi connectivity index (χ1) is 11.5. The minimum atomic E-state index is -3.64. The molecule has 0 saturated carbocycles. The van der Waals surface area contributed by atoms with Crippen molar-refractivity contribution in [2.75, 3.05) is 31.2 Å². The molecule has 1 aromatic heterocycles. The minimum absolute atomic E-state index is 0.0170. The number of aromatic nitrogens is 2. The number of benzene rings is 1. The molecule has 1 aromatic carbocycles. The summed E-state index contributed by atoms with van der Waals surface area (Å²) in [4.78, 5) is 10.8. The van der Waals surface area contributed by atoms with E-state index in [0.29, 0.717) is 24.1 Å². The van der Waals surface area contributed by atoms with Crippen molar-refractivity contribution in [1.82, 2.24) is 14.7 Å². The molecule has 9 heteroatoms. The van der Waals surface area contributed by atoms with Crippen molar-refractivity contribution < 1.29 is 13.2 Å². The van der Waals surface area contributed by atoms with E-state index in [1.165, 1.54) is 24.3 Å². The van der Waals surface area contributed by atoms with Crippen LogP contribution in [0.5, 0.6) is 0 Å². The average molecular weight is 369 g/mol. The Kier molecular flexibility index (Phi) is 5.30. The van der Waals surface area contributed by atoms with Crippen molar-refractivity contribution in [1.29, 1.82) is 0 Å². The van der Waals surface area contributed by atoms with Crippen LogP contribution in [-0.4, -0.2) is 44.7 Å². The highest BCUT2D eigenvalue weighted by atomic mass is 35.5. The summed E-state index contributed by atoms with van der Waals surface area (Å²) in [5.74, 6) is 1.19. The summed E-state index contributed by atoms with van der Waals surface area (Å²) in [6.45, 7) is 2.84. The number of sulfonamides is 1. The van der Waals surface area contributed by atoms with Gasteiger partial charge in [-0.1, -0.05) is 11.6 Å². The number of ether oxygens (including phenoxy) is 1. The molecule has 0 atom stereocenters. The number of rotatable bonds is 5. The number of nitrogens with one attached hydrogen (secondary N) is 1. The molecule has 0 radical (unpaired) electrons. The highest BCUT2D eigenvalue weighted by Crippen LogP contribution is 2.15. The Bertz CT molecular complexity index is 793. The van der Waals surface area contributed by atoms with Crippen LogP contribution in [0, 0.1) is 0 Å². The van der Waals surface area contributed by atoms with Crippen LogP contribution < -0.4 is 9.62 Å².